The number of benzene rings is 3. The van der Waals surface area contributed by atoms with Crippen molar-refractivity contribution in [2.75, 3.05) is 11.8 Å². The summed E-state index contributed by atoms with van der Waals surface area (Å²) in [6, 6.07) is 19.3. The molecule has 28 heavy (non-hydrogen) atoms. The van der Waals surface area contributed by atoms with Gasteiger partial charge in [-0.05, 0) is 35.0 Å². The van der Waals surface area contributed by atoms with Gasteiger partial charge < -0.3 is 14.6 Å². The number of nitrogens with one attached hydrogen (secondary N) is 1. The van der Waals surface area contributed by atoms with Crippen LogP contribution >= 0.6 is 23.3 Å². The maximum Gasteiger partial charge on any atom is 0.335 e. The fraction of sp³-hybridized carbons (Fsp3) is 0.0476. The van der Waals surface area contributed by atoms with Gasteiger partial charge in [0.1, 0.15) is 15.8 Å². The topological polar surface area (TPSA) is 71.5 Å². The Morgan fingerprint density at radius 3 is 2.71 bits per heavy atom. The van der Waals surface area contributed by atoms with Crippen molar-refractivity contribution in [2.45, 2.75) is 5.03 Å². The number of aromatic carboxylic acids is 1. The Balaban J connectivity index is 1.51. The van der Waals surface area contributed by atoms with Crippen LogP contribution in [0.4, 0.5) is 5.69 Å². The van der Waals surface area contributed by atoms with E-state index in [0.717, 1.165) is 15.6 Å². The van der Waals surface area contributed by atoms with Crippen LogP contribution in [-0.2, 0) is 0 Å². The second-order valence-corrected chi connectivity index (χ2v) is 7.66. The maximum atomic E-state index is 11.1. The van der Waals surface area contributed by atoms with Gasteiger partial charge in [-0.2, -0.15) is 0 Å². The first kappa shape index (κ1) is 18.3. The van der Waals surface area contributed by atoms with E-state index in [9.17, 15) is 4.79 Å². The molecule has 0 atom stereocenters. The highest BCUT2D eigenvalue weighted by atomic mass is 32.2. The Bertz CT molecular complexity index is 1160. The molecule has 0 unspecified atom stereocenters. The van der Waals surface area contributed by atoms with E-state index in [2.05, 4.69) is 40.0 Å². The molecule has 140 valence electrons. The van der Waals surface area contributed by atoms with Crippen molar-refractivity contribution in [2.24, 2.45) is 0 Å². The highest BCUT2D eigenvalue weighted by molar-refractivity contribution is 8.00. The Hall–Kier alpha value is -3.03. The lowest BCUT2D eigenvalue weighted by Gasteiger charge is -2.10. The molecule has 0 spiro atoms. The van der Waals surface area contributed by atoms with Gasteiger partial charge in [0.2, 0.25) is 0 Å². The summed E-state index contributed by atoms with van der Waals surface area (Å²) < 4.78 is 8.47. The zero-order valence-corrected chi connectivity index (χ0v) is 16.5. The molecule has 0 amide bonds. The maximum absolute atomic E-state index is 11.1. The van der Waals surface area contributed by atoms with Gasteiger partial charge in [0, 0.05) is 22.9 Å². The predicted molar refractivity (Wildman–Crippen MR) is 114 cm³/mol. The SMILES string of the molecule is COc1cc(C(=O)O)ccc1NSc1csc(-c2ccc3ccccc3c2)n1. The molecule has 0 aliphatic heterocycles. The van der Waals surface area contributed by atoms with Crippen LogP contribution in [0.1, 0.15) is 10.4 Å². The van der Waals surface area contributed by atoms with Crippen molar-refractivity contribution in [1.29, 1.82) is 0 Å². The number of carbonyl (C=O) groups is 1. The van der Waals surface area contributed by atoms with Crippen molar-refractivity contribution < 1.29 is 14.6 Å². The summed E-state index contributed by atoms with van der Waals surface area (Å²) in [6.07, 6.45) is 0. The number of carboxylic acids is 1. The highest BCUT2D eigenvalue weighted by Crippen LogP contribution is 2.33. The number of carboxylic acid groups (broad SMARTS) is 1. The third-order valence-electron chi connectivity index (χ3n) is 4.19. The number of nitrogens with zero attached hydrogens (tertiary/aromatic N) is 1. The molecule has 3 aromatic carbocycles. The van der Waals surface area contributed by atoms with Crippen molar-refractivity contribution in [3.05, 3.63) is 71.6 Å². The van der Waals surface area contributed by atoms with Crippen molar-refractivity contribution in [3.63, 3.8) is 0 Å². The molecule has 0 radical (unpaired) electrons. The number of fused-ring (bicyclic) bond motifs is 1. The summed E-state index contributed by atoms with van der Waals surface area (Å²) in [6.45, 7) is 0. The predicted octanol–water partition coefficient (Wildman–Crippen LogP) is 5.79. The van der Waals surface area contributed by atoms with Gasteiger partial charge in [0.05, 0.1) is 18.4 Å². The Morgan fingerprint density at radius 2 is 1.93 bits per heavy atom. The fourth-order valence-electron chi connectivity index (χ4n) is 2.78. The molecule has 0 aliphatic carbocycles. The van der Waals surface area contributed by atoms with Crippen LogP contribution in [0.25, 0.3) is 21.3 Å². The normalized spacial score (nSPS) is 10.8. The molecule has 0 bridgehead atoms. The van der Waals surface area contributed by atoms with Gasteiger partial charge in [-0.3, -0.25) is 0 Å². The molecule has 0 fully saturated rings. The van der Waals surface area contributed by atoms with Gasteiger partial charge in [0.25, 0.3) is 0 Å². The van der Waals surface area contributed by atoms with E-state index in [4.69, 9.17) is 9.84 Å². The molecule has 5 nitrogen and oxygen atoms in total. The summed E-state index contributed by atoms with van der Waals surface area (Å²) >= 11 is 2.94. The van der Waals surface area contributed by atoms with E-state index >= 15 is 0 Å². The van der Waals surface area contributed by atoms with Crippen LogP contribution < -0.4 is 9.46 Å². The first-order valence-corrected chi connectivity index (χ1v) is 10.1. The van der Waals surface area contributed by atoms with Gasteiger partial charge in [-0.25, -0.2) is 9.78 Å². The minimum atomic E-state index is -0.989. The Morgan fingerprint density at radius 1 is 1.11 bits per heavy atom. The van der Waals surface area contributed by atoms with Crippen LogP contribution in [0.3, 0.4) is 0 Å². The zero-order valence-electron chi connectivity index (χ0n) is 14.9. The molecule has 0 aliphatic rings. The van der Waals surface area contributed by atoms with Gasteiger partial charge in [-0.15, -0.1) is 11.3 Å². The number of thiazole rings is 1. The second kappa shape index (κ2) is 7.92. The van der Waals surface area contributed by atoms with Crippen molar-refractivity contribution in [3.8, 4) is 16.3 Å². The number of anilines is 1. The fourth-order valence-corrected chi connectivity index (χ4v) is 4.37. The molecule has 0 saturated carbocycles. The van der Waals surface area contributed by atoms with E-state index < -0.39 is 5.97 Å². The van der Waals surface area contributed by atoms with Crippen LogP contribution in [0.15, 0.2) is 71.1 Å². The third-order valence-corrected chi connectivity index (χ3v) is 5.97. The highest BCUT2D eigenvalue weighted by Gasteiger charge is 2.11. The third kappa shape index (κ3) is 3.81. The second-order valence-electron chi connectivity index (χ2n) is 5.98. The summed E-state index contributed by atoms with van der Waals surface area (Å²) in [5.41, 5.74) is 1.95. The van der Waals surface area contributed by atoms with E-state index in [0.29, 0.717) is 11.4 Å². The minimum Gasteiger partial charge on any atom is -0.495 e. The quantitative estimate of drug-likeness (QED) is 0.394. The molecule has 7 heteroatoms. The van der Waals surface area contributed by atoms with Crippen LogP contribution in [-0.4, -0.2) is 23.2 Å². The molecule has 0 saturated heterocycles. The molecular formula is C21H16N2O3S2. The van der Waals surface area contributed by atoms with Gasteiger partial charge in [0.15, 0.2) is 0 Å². The summed E-state index contributed by atoms with van der Waals surface area (Å²) in [5.74, 6) is -0.519. The van der Waals surface area contributed by atoms with Gasteiger partial charge in [-0.1, -0.05) is 36.4 Å². The number of ether oxygens (including phenoxy) is 1. The number of hydrogen-bond donors (Lipinski definition) is 2. The average Bonchev–Trinajstić information content (AvgIpc) is 3.20. The van der Waals surface area contributed by atoms with Crippen LogP contribution in [0.5, 0.6) is 5.75 Å². The lowest BCUT2D eigenvalue weighted by Crippen LogP contribution is -1.99. The first-order chi connectivity index (χ1) is 13.6. The molecule has 2 N–H and O–H groups in total. The summed E-state index contributed by atoms with van der Waals surface area (Å²) in [5, 5.41) is 15.2. The average molecular weight is 409 g/mol. The number of aromatic nitrogens is 1. The van der Waals surface area contributed by atoms with Crippen LogP contribution in [0.2, 0.25) is 0 Å². The van der Waals surface area contributed by atoms with Crippen molar-refractivity contribution >= 4 is 45.7 Å². The van der Waals surface area contributed by atoms with E-state index in [1.54, 1.807) is 17.4 Å². The monoisotopic (exact) mass is 408 g/mol. The van der Waals surface area contributed by atoms with Crippen LogP contribution in [0, 0.1) is 0 Å². The molecular weight excluding hydrogens is 392 g/mol. The Labute approximate surface area is 170 Å². The lowest BCUT2D eigenvalue weighted by molar-refractivity contribution is 0.0696. The molecule has 1 heterocycles. The Kier molecular flexibility index (Phi) is 5.18. The number of rotatable bonds is 6. The number of hydrogen-bond acceptors (Lipinski definition) is 6. The minimum absolute atomic E-state index is 0.180. The van der Waals surface area contributed by atoms with Crippen molar-refractivity contribution in [1.82, 2.24) is 4.98 Å². The molecule has 4 aromatic rings. The largest absolute Gasteiger partial charge is 0.495 e. The first-order valence-electron chi connectivity index (χ1n) is 8.43. The smallest absolute Gasteiger partial charge is 0.335 e. The summed E-state index contributed by atoms with van der Waals surface area (Å²) in [4.78, 5) is 15.8. The standard InChI is InChI=1S/C21H16N2O3S2/c1-26-18-11-16(21(24)25)8-9-17(18)23-28-19-12-27-20(22-19)15-7-6-13-4-2-3-5-14(13)10-15/h2-12,23H,1H3,(H,24,25). The zero-order chi connectivity index (χ0) is 19.5. The van der Waals surface area contributed by atoms with E-state index in [1.807, 2.05) is 17.5 Å². The lowest BCUT2D eigenvalue weighted by atomic mass is 10.1. The molecule has 1 aromatic heterocycles. The van der Waals surface area contributed by atoms with E-state index in [-0.39, 0.29) is 5.56 Å². The summed E-state index contributed by atoms with van der Waals surface area (Å²) in [7, 11) is 1.51. The number of methoxy groups -OCH3 is 1. The van der Waals surface area contributed by atoms with E-state index in [1.165, 1.54) is 42.0 Å². The molecule has 4 rings (SSSR count). The van der Waals surface area contributed by atoms with Gasteiger partial charge >= 0.3 is 5.97 Å².